The van der Waals surface area contributed by atoms with Gasteiger partial charge in [0.1, 0.15) is 10.6 Å². The molecule has 1 fully saturated rings. The van der Waals surface area contributed by atoms with E-state index in [4.69, 9.17) is 4.74 Å². The van der Waals surface area contributed by atoms with E-state index in [-0.39, 0.29) is 29.1 Å². The molecule has 1 heterocycles. The average molecular weight is 417 g/mol. The van der Waals surface area contributed by atoms with Crippen LogP contribution in [0.2, 0.25) is 0 Å². The summed E-state index contributed by atoms with van der Waals surface area (Å²) in [7, 11) is -0.882. The van der Waals surface area contributed by atoms with Gasteiger partial charge in [0.05, 0.1) is 7.11 Å². The standard InChI is InChI=1S/C22H28N2O4S/c1-17-9-7-8-14-24(17)22(25)19-12-13-20(28-3)21(15-19)29(26,27)23(2)16-18-10-5-4-6-11-18/h4-6,10-13,15,17H,7-9,14,16H2,1-3H3. The summed E-state index contributed by atoms with van der Waals surface area (Å²) in [6.07, 6.45) is 3.04. The molecule has 0 N–H and O–H groups in total. The second-order valence-electron chi connectivity index (χ2n) is 7.46. The van der Waals surface area contributed by atoms with Gasteiger partial charge in [-0.2, -0.15) is 4.31 Å². The zero-order valence-corrected chi connectivity index (χ0v) is 18.0. The van der Waals surface area contributed by atoms with Gasteiger partial charge in [0.25, 0.3) is 5.91 Å². The minimum Gasteiger partial charge on any atom is -0.495 e. The number of ether oxygens (including phenoxy) is 1. The highest BCUT2D eigenvalue weighted by Crippen LogP contribution is 2.29. The highest BCUT2D eigenvalue weighted by Gasteiger charge is 2.29. The van der Waals surface area contributed by atoms with Gasteiger partial charge >= 0.3 is 0 Å². The van der Waals surface area contributed by atoms with E-state index in [1.165, 1.54) is 24.5 Å². The van der Waals surface area contributed by atoms with Crippen molar-refractivity contribution in [3.8, 4) is 5.75 Å². The molecular weight excluding hydrogens is 388 g/mol. The van der Waals surface area contributed by atoms with Gasteiger partial charge in [0, 0.05) is 31.7 Å². The number of methoxy groups -OCH3 is 1. The van der Waals surface area contributed by atoms with Gasteiger partial charge in [-0.3, -0.25) is 4.79 Å². The van der Waals surface area contributed by atoms with Gasteiger partial charge < -0.3 is 9.64 Å². The monoisotopic (exact) mass is 416 g/mol. The molecule has 156 valence electrons. The molecule has 0 saturated carbocycles. The fraction of sp³-hybridized carbons (Fsp3) is 0.409. The maximum Gasteiger partial charge on any atom is 0.254 e. The molecule has 2 aromatic rings. The quantitative estimate of drug-likeness (QED) is 0.723. The summed E-state index contributed by atoms with van der Waals surface area (Å²) >= 11 is 0. The summed E-state index contributed by atoms with van der Waals surface area (Å²) in [5.74, 6) is 0.0927. The molecule has 0 bridgehead atoms. The molecule has 1 aliphatic heterocycles. The molecule has 2 aromatic carbocycles. The van der Waals surface area contributed by atoms with E-state index in [1.807, 2.05) is 42.2 Å². The van der Waals surface area contributed by atoms with E-state index in [0.29, 0.717) is 12.1 Å². The second-order valence-corrected chi connectivity index (χ2v) is 9.47. The molecule has 0 radical (unpaired) electrons. The van der Waals surface area contributed by atoms with E-state index >= 15 is 0 Å². The van der Waals surface area contributed by atoms with E-state index in [0.717, 1.165) is 24.8 Å². The Balaban J connectivity index is 1.92. The van der Waals surface area contributed by atoms with Crippen molar-refractivity contribution in [1.29, 1.82) is 0 Å². The summed E-state index contributed by atoms with van der Waals surface area (Å²) in [4.78, 5) is 14.9. The topological polar surface area (TPSA) is 66.9 Å². The lowest BCUT2D eigenvalue weighted by Crippen LogP contribution is -2.42. The van der Waals surface area contributed by atoms with Crippen molar-refractivity contribution in [2.75, 3.05) is 20.7 Å². The predicted octanol–water partition coefficient (Wildman–Crippen LogP) is 3.53. The van der Waals surface area contributed by atoms with Crippen molar-refractivity contribution < 1.29 is 17.9 Å². The van der Waals surface area contributed by atoms with Crippen LogP contribution in [0, 0.1) is 0 Å². The average Bonchev–Trinajstić information content (AvgIpc) is 2.73. The lowest BCUT2D eigenvalue weighted by atomic mass is 10.0. The predicted molar refractivity (Wildman–Crippen MR) is 112 cm³/mol. The number of rotatable bonds is 6. The third-order valence-electron chi connectivity index (χ3n) is 5.41. The number of nitrogens with zero attached hydrogens (tertiary/aromatic N) is 2. The van der Waals surface area contributed by atoms with Crippen LogP contribution < -0.4 is 4.74 Å². The van der Waals surface area contributed by atoms with Crippen LogP contribution in [0.1, 0.15) is 42.1 Å². The minimum absolute atomic E-state index is 0.00828. The van der Waals surface area contributed by atoms with Gasteiger partial charge in [0.15, 0.2) is 0 Å². The van der Waals surface area contributed by atoms with Crippen LogP contribution in [0.5, 0.6) is 5.75 Å². The van der Waals surface area contributed by atoms with Crippen molar-refractivity contribution in [2.24, 2.45) is 0 Å². The number of sulfonamides is 1. The number of carbonyl (C=O) groups is 1. The molecule has 1 unspecified atom stereocenters. The Kier molecular flexibility index (Phi) is 6.59. The lowest BCUT2D eigenvalue weighted by molar-refractivity contribution is 0.0635. The molecule has 1 atom stereocenters. The van der Waals surface area contributed by atoms with Crippen LogP contribution in [0.4, 0.5) is 0 Å². The van der Waals surface area contributed by atoms with Gasteiger partial charge in [0.2, 0.25) is 10.0 Å². The van der Waals surface area contributed by atoms with Crippen molar-refractivity contribution >= 4 is 15.9 Å². The molecule has 0 spiro atoms. The third-order valence-corrected chi connectivity index (χ3v) is 7.24. The molecule has 1 saturated heterocycles. The fourth-order valence-corrected chi connectivity index (χ4v) is 5.01. The summed E-state index contributed by atoms with van der Waals surface area (Å²) in [6, 6.07) is 14.2. The molecule has 6 nitrogen and oxygen atoms in total. The van der Waals surface area contributed by atoms with E-state index in [1.54, 1.807) is 12.1 Å². The van der Waals surface area contributed by atoms with E-state index in [2.05, 4.69) is 0 Å². The van der Waals surface area contributed by atoms with Crippen LogP contribution >= 0.6 is 0 Å². The summed E-state index contributed by atoms with van der Waals surface area (Å²) in [5, 5.41) is 0. The summed E-state index contributed by atoms with van der Waals surface area (Å²) < 4.78 is 33.1. The number of likely N-dealkylation sites (tertiary alicyclic amines) is 1. The Morgan fingerprint density at radius 3 is 2.55 bits per heavy atom. The van der Waals surface area contributed by atoms with Crippen LogP contribution in [-0.2, 0) is 16.6 Å². The highest BCUT2D eigenvalue weighted by atomic mass is 32.2. The molecular formula is C22H28N2O4S. The number of hydrogen-bond donors (Lipinski definition) is 0. The van der Waals surface area contributed by atoms with Crippen LogP contribution in [0.3, 0.4) is 0 Å². The van der Waals surface area contributed by atoms with Crippen LogP contribution in [0.25, 0.3) is 0 Å². The van der Waals surface area contributed by atoms with Gasteiger partial charge in [-0.15, -0.1) is 0 Å². The van der Waals surface area contributed by atoms with Crippen molar-refractivity contribution in [1.82, 2.24) is 9.21 Å². The first-order valence-electron chi connectivity index (χ1n) is 9.84. The largest absolute Gasteiger partial charge is 0.495 e. The number of hydrogen-bond acceptors (Lipinski definition) is 4. The third kappa shape index (κ3) is 4.62. The first-order valence-corrected chi connectivity index (χ1v) is 11.3. The Bertz CT molecular complexity index is 960. The van der Waals surface area contributed by atoms with Crippen LogP contribution in [-0.4, -0.2) is 50.3 Å². The van der Waals surface area contributed by atoms with Gasteiger partial charge in [-0.25, -0.2) is 8.42 Å². The highest BCUT2D eigenvalue weighted by molar-refractivity contribution is 7.89. The summed E-state index contributed by atoms with van der Waals surface area (Å²) in [6.45, 7) is 2.96. The molecule has 7 heteroatoms. The first-order chi connectivity index (χ1) is 13.8. The van der Waals surface area contributed by atoms with Crippen LogP contribution in [0.15, 0.2) is 53.4 Å². The molecule has 29 heavy (non-hydrogen) atoms. The van der Waals surface area contributed by atoms with Crippen molar-refractivity contribution in [2.45, 2.75) is 43.7 Å². The number of amides is 1. The Labute approximate surface area is 173 Å². The molecule has 1 amide bonds. The molecule has 0 aliphatic carbocycles. The molecule has 0 aromatic heterocycles. The second kappa shape index (κ2) is 8.97. The molecule has 1 aliphatic rings. The number of benzene rings is 2. The fourth-order valence-electron chi connectivity index (χ4n) is 3.67. The lowest BCUT2D eigenvalue weighted by Gasteiger charge is -2.33. The zero-order valence-electron chi connectivity index (χ0n) is 17.2. The van der Waals surface area contributed by atoms with Gasteiger partial charge in [-0.05, 0) is 49.9 Å². The van der Waals surface area contributed by atoms with Crippen molar-refractivity contribution in [3.05, 3.63) is 59.7 Å². The maximum atomic E-state index is 13.3. The molecule has 3 rings (SSSR count). The van der Waals surface area contributed by atoms with E-state index in [9.17, 15) is 13.2 Å². The smallest absolute Gasteiger partial charge is 0.254 e. The van der Waals surface area contributed by atoms with Gasteiger partial charge in [-0.1, -0.05) is 30.3 Å². The minimum atomic E-state index is -3.84. The summed E-state index contributed by atoms with van der Waals surface area (Å²) in [5.41, 5.74) is 1.25. The normalized spacial score (nSPS) is 17.4. The number of carbonyl (C=O) groups excluding carboxylic acids is 1. The zero-order chi connectivity index (χ0) is 21.0. The Morgan fingerprint density at radius 2 is 1.90 bits per heavy atom. The van der Waals surface area contributed by atoms with E-state index < -0.39 is 10.0 Å². The first kappa shape index (κ1) is 21.3. The Hall–Kier alpha value is -2.38. The Morgan fingerprint density at radius 1 is 1.17 bits per heavy atom. The SMILES string of the molecule is COc1ccc(C(=O)N2CCCCC2C)cc1S(=O)(=O)N(C)Cc1ccccc1. The number of piperidine rings is 1. The maximum absolute atomic E-state index is 13.3. The van der Waals surface area contributed by atoms with Crippen molar-refractivity contribution in [3.63, 3.8) is 0 Å².